The Morgan fingerprint density at radius 1 is 0.725 bits per heavy atom. The number of benzene rings is 4. The van der Waals surface area contributed by atoms with Gasteiger partial charge in [-0.1, -0.05) is 123 Å². The average molecular weight is 678 g/mol. The number of aliphatic hydroxyl groups excluding tert-OH is 1. The van der Waals surface area contributed by atoms with Crippen molar-refractivity contribution < 1.29 is 5.11 Å². The van der Waals surface area contributed by atoms with Crippen molar-refractivity contribution in [2.75, 3.05) is 0 Å². The molecule has 0 aliphatic rings. The van der Waals surface area contributed by atoms with Gasteiger partial charge < -0.3 is 10.1 Å². The Hall–Kier alpha value is -5.47. The molecule has 0 aliphatic carbocycles. The van der Waals surface area contributed by atoms with Gasteiger partial charge in [0.25, 0.3) is 0 Å². The first kappa shape index (κ1) is 35.4. The Bertz CT molecular complexity index is 2130. The molecule has 0 bridgehead atoms. The highest BCUT2D eigenvalue weighted by Gasteiger charge is 2.24. The lowest BCUT2D eigenvalue weighted by molar-refractivity contribution is 0.194. The number of hydrogen-bond donors (Lipinski definition) is 2. The number of tetrazole rings is 1. The first-order valence-electron chi connectivity index (χ1n) is 18.0. The number of aliphatic hydroxyl groups is 1. The third kappa shape index (κ3) is 8.30. The van der Waals surface area contributed by atoms with E-state index < -0.39 is 0 Å². The van der Waals surface area contributed by atoms with Gasteiger partial charge in [-0.2, -0.15) is 0 Å². The minimum absolute atomic E-state index is 0.130. The largest absolute Gasteiger partial charge is 0.393 e. The van der Waals surface area contributed by atoms with Crippen LogP contribution in [0.25, 0.3) is 33.7 Å². The number of fused-ring (bicyclic) bond motifs is 1. The maximum atomic E-state index is 9.39. The average Bonchev–Trinajstić information content (AvgIpc) is 3.78. The van der Waals surface area contributed by atoms with Gasteiger partial charge in [-0.05, 0) is 89.1 Å². The number of pyridine rings is 1. The summed E-state index contributed by atoms with van der Waals surface area (Å²) in [6.45, 7) is 10.4. The Balaban J connectivity index is 0.000000221. The van der Waals surface area contributed by atoms with Crippen molar-refractivity contribution in [2.24, 2.45) is 0 Å². The van der Waals surface area contributed by atoms with Crippen LogP contribution < -0.4 is 0 Å². The van der Waals surface area contributed by atoms with Crippen LogP contribution in [0.15, 0.2) is 109 Å². The molecule has 0 saturated carbocycles. The molecular formula is C43H47N7O. The maximum absolute atomic E-state index is 9.39. The molecule has 0 fully saturated rings. The Kier molecular flexibility index (Phi) is 11.4. The molecule has 8 nitrogen and oxygen atoms in total. The van der Waals surface area contributed by atoms with E-state index in [0.717, 1.165) is 82.0 Å². The van der Waals surface area contributed by atoms with Gasteiger partial charge >= 0.3 is 0 Å². The lowest BCUT2D eigenvalue weighted by Crippen LogP contribution is -2.15. The van der Waals surface area contributed by atoms with Gasteiger partial charge in [-0.3, -0.25) is 0 Å². The van der Waals surface area contributed by atoms with Gasteiger partial charge in [0, 0.05) is 24.1 Å². The third-order valence-electron chi connectivity index (χ3n) is 9.06. The molecule has 3 aromatic heterocycles. The van der Waals surface area contributed by atoms with E-state index in [0.29, 0.717) is 6.42 Å². The van der Waals surface area contributed by atoms with E-state index in [1.807, 2.05) is 29.8 Å². The summed E-state index contributed by atoms with van der Waals surface area (Å²) < 4.78 is 1.95. The summed E-state index contributed by atoms with van der Waals surface area (Å²) in [7, 11) is 0. The number of nitrogens with one attached hydrogen (secondary N) is 1. The number of hydrogen-bond acceptors (Lipinski definition) is 6. The van der Waals surface area contributed by atoms with E-state index in [9.17, 15) is 5.11 Å². The van der Waals surface area contributed by atoms with Crippen molar-refractivity contribution in [3.63, 3.8) is 0 Å². The van der Waals surface area contributed by atoms with E-state index in [4.69, 9.17) is 0 Å². The van der Waals surface area contributed by atoms with Crippen molar-refractivity contribution in [1.82, 2.24) is 35.2 Å². The monoisotopic (exact) mass is 677 g/mol. The number of aromatic amines is 1. The number of rotatable bonds is 11. The predicted octanol–water partition coefficient (Wildman–Crippen LogP) is 9.05. The van der Waals surface area contributed by atoms with Crippen LogP contribution in [0.4, 0.5) is 0 Å². The van der Waals surface area contributed by atoms with Gasteiger partial charge in [0.2, 0.25) is 0 Å². The molecule has 7 rings (SSSR count). The summed E-state index contributed by atoms with van der Waals surface area (Å²) in [5.41, 5.74) is 12.2. The van der Waals surface area contributed by atoms with Crippen LogP contribution in [0.2, 0.25) is 0 Å². The SMILES string of the molecule is CCCc1ccc(-c2ccccc2-c2nnnn2C(c2ccccc2)c2ccccc2)cc1C.CCCc1nc2nc(CC(C)O)cc(C)c2[nH]1. The Labute approximate surface area is 300 Å². The van der Waals surface area contributed by atoms with Crippen LogP contribution in [0.1, 0.15) is 79.0 Å². The summed E-state index contributed by atoms with van der Waals surface area (Å²) in [5.74, 6) is 1.75. The normalized spacial score (nSPS) is 11.8. The van der Waals surface area contributed by atoms with E-state index in [-0.39, 0.29) is 12.1 Å². The van der Waals surface area contributed by atoms with Gasteiger partial charge in [-0.25, -0.2) is 14.6 Å². The fourth-order valence-corrected chi connectivity index (χ4v) is 6.65. The zero-order valence-corrected chi connectivity index (χ0v) is 30.2. The first-order valence-corrected chi connectivity index (χ1v) is 18.0. The Morgan fingerprint density at radius 3 is 2.00 bits per heavy atom. The highest BCUT2D eigenvalue weighted by Crippen LogP contribution is 2.35. The topological polar surface area (TPSA) is 105 Å². The number of nitrogens with zero attached hydrogens (tertiary/aromatic N) is 6. The van der Waals surface area contributed by atoms with Crippen LogP contribution in [0.5, 0.6) is 0 Å². The van der Waals surface area contributed by atoms with Crippen molar-refractivity contribution in [2.45, 2.75) is 78.9 Å². The lowest BCUT2D eigenvalue weighted by atomic mass is 9.94. The van der Waals surface area contributed by atoms with Gasteiger partial charge in [0.15, 0.2) is 11.5 Å². The summed E-state index contributed by atoms with van der Waals surface area (Å²) in [6, 6.07) is 37.9. The second-order valence-corrected chi connectivity index (χ2v) is 13.2. The number of aromatic nitrogens is 7. The number of imidazole rings is 1. The molecule has 0 aliphatic heterocycles. The number of H-pyrrole nitrogens is 1. The van der Waals surface area contributed by atoms with Crippen molar-refractivity contribution in [3.05, 3.63) is 149 Å². The maximum Gasteiger partial charge on any atom is 0.183 e. The highest BCUT2D eigenvalue weighted by atomic mass is 16.3. The molecule has 1 atom stereocenters. The summed E-state index contributed by atoms with van der Waals surface area (Å²) >= 11 is 0. The predicted molar refractivity (Wildman–Crippen MR) is 206 cm³/mol. The molecule has 51 heavy (non-hydrogen) atoms. The molecule has 1 unspecified atom stereocenters. The smallest absolute Gasteiger partial charge is 0.183 e. The van der Waals surface area contributed by atoms with Gasteiger partial charge in [0.05, 0.1) is 11.6 Å². The minimum atomic E-state index is -0.367. The molecule has 2 N–H and O–H groups in total. The van der Waals surface area contributed by atoms with Gasteiger partial charge in [0.1, 0.15) is 11.9 Å². The Morgan fingerprint density at radius 2 is 1.37 bits per heavy atom. The quantitative estimate of drug-likeness (QED) is 0.142. The fourth-order valence-electron chi connectivity index (χ4n) is 6.65. The molecule has 0 radical (unpaired) electrons. The van der Waals surface area contributed by atoms with Crippen LogP contribution in [-0.4, -0.2) is 46.4 Å². The highest BCUT2D eigenvalue weighted by molar-refractivity contribution is 5.81. The first-order chi connectivity index (χ1) is 24.9. The molecule has 0 saturated heterocycles. The molecule has 7 aromatic rings. The lowest BCUT2D eigenvalue weighted by Gasteiger charge is -2.20. The molecule has 3 heterocycles. The third-order valence-corrected chi connectivity index (χ3v) is 9.06. The van der Waals surface area contributed by atoms with Crippen LogP contribution in [0.3, 0.4) is 0 Å². The molecule has 0 spiro atoms. The van der Waals surface area contributed by atoms with E-state index in [1.165, 1.54) is 16.7 Å². The fraction of sp³-hybridized carbons (Fsp3) is 0.279. The van der Waals surface area contributed by atoms with Crippen molar-refractivity contribution >= 4 is 11.2 Å². The minimum Gasteiger partial charge on any atom is -0.393 e. The van der Waals surface area contributed by atoms with E-state index in [2.05, 4.69) is 142 Å². The molecule has 0 amide bonds. The number of aryl methyl sites for hydroxylation is 4. The second kappa shape index (κ2) is 16.5. The molecular weight excluding hydrogens is 631 g/mol. The van der Waals surface area contributed by atoms with Gasteiger partial charge in [-0.15, -0.1) is 5.10 Å². The molecule has 260 valence electrons. The zero-order chi connectivity index (χ0) is 35.7. The van der Waals surface area contributed by atoms with Crippen LogP contribution in [0, 0.1) is 13.8 Å². The second-order valence-electron chi connectivity index (χ2n) is 13.2. The molecule has 8 heteroatoms. The summed E-state index contributed by atoms with van der Waals surface area (Å²) in [4.78, 5) is 12.3. The summed E-state index contributed by atoms with van der Waals surface area (Å²) in [6.07, 6.45) is 4.47. The van der Waals surface area contributed by atoms with Crippen molar-refractivity contribution in [3.8, 4) is 22.5 Å². The standard InChI is InChI=1S/C30H28N4.C13H19N3O/c1-3-12-23-19-20-26(21-22(23)2)27-17-10-11-18-28(27)30-31-32-33-34(30)29(24-13-6-4-7-14-24)25-15-8-5-9-16-25;1-4-5-11-15-12-8(2)6-10(7-9(3)17)14-13(12)16-11/h4-11,13-21,29H,3,12H2,1-2H3;6,9,17H,4-5,7H2,1-3H3,(H,14,15,16). The van der Waals surface area contributed by atoms with Crippen LogP contribution in [-0.2, 0) is 19.3 Å². The van der Waals surface area contributed by atoms with Crippen molar-refractivity contribution in [1.29, 1.82) is 0 Å². The molecule has 4 aromatic carbocycles. The van der Waals surface area contributed by atoms with E-state index in [1.54, 1.807) is 6.92 Å². The van der Waals surface area contributed by atoms with Crippen LogP contribution >= 0.6 is 0 Å². The summed E-state index contributed by atoms with van der Waals surface area (Å²) in [5, 5.41) is 22.5. The van der Waals surface area contributed by atoms with E-state index >= 15 is 0 Å². The zero-order valence-electron chi connectivity index (χ0n) is 30.2.